The molecule has 0 spiro atoms. The van der Waals surface area contributed by atoms with Crippen molar-refractivity contribution in [1.29, 1.82) is 0 Å². The van der Waals surface area contributed by atoms with Crippen LogP contribution >= 0.6 is 23.2 Å². The van der Waals surface area contributed by atoms with E-state index in [-0.39, 0.29) is 24.4 Å². The summed E-state index contributed by atoms with van der Waals surface area (Å²) in [5.74, 6) is 1.62. The lowest BCUT2D eigenvalue weighted by atomic mass is 10.1. The molecule has 0 atom stereocenters. The van der Waals surface area contributed by atoms with E-state index in [4.69, 9.17) is 37.1 Å². The van der Waals surface area contributed by atoms with Gasteiger partial charge in [-0.3, -0.25) is 9.69 Å². The quantitative estimate of drug-likeness (QED) is 0.491. The van der Waals surface area contributed by atoms with Crippen LogP contribution in [0.5, 0.6) is 11.5 Å². The Hall–Kier alpha value is -2.74. The summed E-state index contributed by atoms with van der Waals surface area (Å²) in [6.45, 7) is 5.48. The Morgan fingerprint density at radius 2 is 1.91 bits per heavy atom. The zero-order chi connectivity index (χ0) is 22.7. The average molecular weight is 476 g/mol. The number of carbonyl (C=O) groups excluding carboxylic acids is 1. The predicted octanol–water partition coefficient (Wildman–Crippen LogP) is 5.05. The molecule has 0 bridgehead atoms. The van der Waals surface area contributed by atoms with Crippen LogP contribution in [-0.2, 0) is 19.6 Å². The molecule has 0 aliphatic carbocycles. The van der Waals surface area contributed by atoms with E-state index in [9.17, 15) is 4.79 Å². The molecule has 1 N–H and O–H groups in total. The second-order valence-corrected chi connectivity index (χ2v) is 8.67. The number of ether oxygens (including phenoxy) is 2. The first-order valence-electron chi connectivity index (χ1n) is 10.2. The van der Waals surface area contributed by atoms with Crippen molar-refractivity contribution in [2.45, 2.75) is 39.5 Å². The van der Waals surface area contributed by atoms with Gasteiger partial charge in [0.1, 0.15) is 6.26 Å². The summed E-state index contributed by atoms with van der Waals surface area (Å²) < 4.78 is 16.5. The molecule has 0 fully saturated rings. The number of hydrogen-bond donors (Lipinski definition) is 1. The van der Waals surface area contributed by atoms with Gasteiger partial charge in [0.25, 0.3) is 5.91 Å². The number of aromatic nitrogens is 1. The van der Waals surface area contributed by atoms with Gasteiger partial charge in [-0.05, 0) is 49.2 Å². The highest BCUT2D eigenvalue weighted by Gasteiger charge is 2.19. The highest BCUT2D eigenvalue weighted by Crippen LogP contribution is 2.33. The van der Waals surface area contributed by atoms with Crippen LogP contribution < -0.4 is 14.8 Å². The number of fused-ring (bicyclic) bond motifs is 1. The predicted molar refractivity (Wildman–Crippen MR) is 121 cm³/mol. The number of rotatable bonds is 8. The molecule has 1 amide bonds. The first-order chi connectivity index (χ1) is 15.4. The Labute approximate surface area is 196 Å². The van der Waals surface area contributed by atoms with Crippen LogP contribution in [0.4, 0.5) is 0 Å². The van der Waals surface area contributed by atoms with Crippen molar-refractivity contribution in [2.24, 2.45) is 0 Å². The van der Waals surface area contributed by atoms with Gasteiger partial charge < -0.3 is 19.2 Å². The average Bonchev–Trinajstić information content (AvgIpc) is 3.38. The smallest absolute Gasteiger partial charge is 0.273 e. The van der Waals surface area contributed by atoms with Crippen molar-refractivity contribution in [3.8, 4) is 11.5 Å². The van der Waals surface area contributed by atoms with E-state index in [1.54, 1.807) is 12.1 Å². The van der Waals surface area contributed by atoms with Gasteiger partial charge in [-0.2, -0.15) is 0 Å². The number of carbonyl (C=O) groups is 1. The molecule has 1 aliphatic rings. The van der Waals surface area contributed by atoms with Crippen LogP contribution in [0.3, 0.4) is 0 Å². The van der Waals surface area contributed by atoms with Gasteiger partial charge in [-0.15, -0.1) is 0 Å². The number of amides is 1. The molecule has 32 heavy (non-hydrogen) atoms. The largest absolute Gasteiger partial charge is 0.454 e. The monoisotopic (exact) mass is 475 g/mol. The fourth-order valence-electron chi connectivity index (χ4n) is 3.37. The molecule has 2 heterocycles. The summed E-state index contributed by atoms with van der Waals surface area (Å²) in [4.78, 5) is 18.7. The molecule has 9 heteroatoms. The van der Waals surface area contributed by atoms with E-state index < -0.39 is 0 Å². The molecule has 4 rings (SSSR count). The SMILES string of the molecule is CC(C)NC(=O)c1coc(CN(Cc2ccc3c(c2)OCO3)Cc2ccc(Cl)cc2Cl)n1. The van der Waals surface area contributed by atoms with Crippen LogP contribution in [0.15, 0.2) is 47.1 Å². The Morgan fingerprint density at radius 3 is 2.69 bits per heavy atom. The lowest BCUT2D eigenvalue weighted by Crippen LogP contribution is -2.30. The highest BCUT2D eigenvalue weighted by atomic mass is 35.5. The van der Waals surface area contributed by atoms with Gasteiger partial charge in [0.2, 0.25) is 12.7 Å². The molecule has 168 valence electrons. The molecule has 0 saturated carbocycles. The molecule has 1 aliphatic heterocycles. The molecular weight excluding hydrogens is 453 g/mol. The minimum atomic E-state index is -0.266. The van der Waals surface area contributed by atoms with Crippen molar-refractivity contribution in [1.82, 2.24) is 15.2 Å². The Morgan fingerprint density at radius 1 is 1.09 bits per heavy atom. The summed E-state index contributed by atoms with van der Waals surface area (Å²) in [5.41, 5.74) is 2.20. The van der Waals surface area contributed by atoms with E-state index >= 15 is 0 Å². The minimum Gasteiger partial charge on any atom is -0.454 e. The second kappa shape index (κ2) is 9.81. The van der Waals surface area contributed by atoms with Crippen LogP contribution in [-0.4, -0.2) is 28.6 Å². The lowest BCUT2D eigenvalue weighted by Gasteiger charge is -2.22. The van der Waals surface area contributed by atoms with Gasteiger partial charge in [0, 0.05) is 29.2 Å². The molecule has 0 unspecified atom stereocenters. The van der Waals surface area contributed by atoms with Crippen molar-refractivity contribution in [3.05, 3.63) is 75.4 Å². The second-order valence-electron chi connectivity index (χ2n) is 7.82. The third-order valence-corrected chi connectivity index (χ3v) is 5.40. The fourth-order valence-corrected chi connectivity index (χ4v) is 3.84. The van der Waals surface area contributed by atoms with Gasteiger partial charge in [0.15, 0.2) is 17.2 Å². The minimum absolute atomic E-state index is 0.0113. The van der Waals surface area contributed by atoms with Gasteiger partial charge in [-0.25, -0.2) is 4.98 Å². The van der Waals surface area contributed by atoms with Crippen molar-refractivity contribution >= 4 is 29.1 Å². The van der Waals surface area contributed by atoms with E-state index in [0.29, 0.717) is 35.6 Å². The normalized spacial score (nSPS) is 12.6. The molecular formula is C23H23Cl2N3O4. The van der Waals surface area contributed by atoms with Crippen LogP contribution in [0, 0.1) is 0 Å². The van der Waals surface area contributed by atoms with Crippen LogP contribution in [0.25, 0.3) is 0 Å². The number of halogens is 2. The zero-order valence-electron chi connectivity index (χ0n) is 17.7. The summed E-state index contributed by atoms with van der Waals surface area (Å²) in [5, 5.41) is 3.97. The molecule has 3 aromatic rings. The molecule has 7 nitrogen and oxygen atoms in total. The number of nitrogens with one attached hydrogen (secondary N) is 1. The number of hydrogen-bond acceptors (Lipinski definition) is 6. The van der Waals surface area contributed by atoms with E-state index in [0.717, 1.165) is 22.6 Å². The Bertz CT molecular complexity index is 1120. The molecule has 0 saturated heterocycles. The summed E-state index contributed by atoms with van der Waals surface area (Å²) in [6, 6.07) is 11.3. The summed E-state index contributed by atoms with van der Waals surface area (Å²) >= 11 is 12.5. The van der Waals surface area contributed by atoms with Crippen molar-refractivity contribution in [2.75, 3.05) is 6.79 Å². The zero-order valence-corrected chi connectivity index (χ0v) is 19.2. The number of nitrogens with zero attached hydrogens (tertiary/aromatic N) is 2. The molecule has 1 aromatic heterocycles. The van der Waals surface area contributed by atoms with Gasteiger partial charge in [0.05, 0.1) is 6.54 Å². The van der Waals surface area contributed by atoms with E-state index in [2.05, 4.69) is 15.2 Å². The third kappa shape index (κ3) is 5.54. The summed E-state index contributed by atoms with van der Waals surface area (Å²) in [6.07, 6.45) is 1.38. The third-order valence-electron chi connectivity index (χ3n) is 4.82. The van der Waals surface area contributed by atoms with Gasteiger partial charge in [-0.1, -0.05) is 35.3 Å². The fraction of sp³-hybridized carbons (Fsp3) is 0.304. The van der Waals surface area contributed by atoms with Crippen molar-refractivity contribution < 1.29 is 18.7 Å². The first-order valence-corrected chi connectivity index (χ1v) is 10.9. The Balaban J connectivity index is 1.54. The first kappa shape index (κ1) is 22.5. The van der Waals surface area contributed by atoms with E-state index in [1.807, 2.05) is 38.1 Å². The number of benzene rings is 2. The highest BCUT2D eigenvalue weighted by molar-refractivity contribution is 6.35. The standard InChI is InChI=1S/C23H23Cl2N3O4/c1-14(2)26-23(29)19-12-30-22(27-19)11-28(10-16-4-5-17(24)8-18(16)25)9-15-3-6-20-21(7-15)32-13-31-20/h3-8,12,14H,9-11,13H2,1-2H3,(H,26,29). The maximum absolute atomic E-state index is 12.2. The maximum Gasteiger partial charge on any atom is 0.273 e. The lowest BCUT2D eigenvalue weighted by molar-refractivity contribution is 0.0938. The summed E-state index contributed by atoms with van der Waals surface area (Å²) in [7, 11) is 0. The van der Waals surface area contributed by atoms with Crippen molar-refractivity contribution in [3.63, 3.8) is 0 Å². The Kier molecular flexibility index (Phi) is 6.89. The number of oxazole rings is 1. The topological polar surface area (TPSA) is 76.8 Å². The molecule has 2 aromatic carbocycles. The molecule has 0 radical (unpaired) electrons. The van der Waals surface area contributed by atoms with Crippen LogP contribution in [0.2, 0.25) is 10.0 Å². The van der Waals surface area contributed by atoms with Crippen LogP contribution in [0.1, 0.15) is 41.4 Å². The van der Waals surface area contributed by atoms with Gasteiger partial charge >= 0.3 is 0 Å². The van der Waals surface area contributed by atoms with E-state index in [1.165, 1.54) is 6.26 Å². The maximum atomic E-state index is 12.2.